The molecule has 1 unspecified atom stereocenters. The lowest BCUT2D eigenvalue weighted by atomic mass is 9.91. The first-order valence-corrected chi connectivity index (χ1v) is 21.3. The third-order valence-electron chi connectivity index (χ3n) is 10.9. The van der Waals surface area contributed by atoms with E-state index in [0.29, 0.717) is 45.1 Å². The number of para-hydroxylation sites is 1. The zero-order valence-electron chi connectivity index (χ0n) is 35.5. The molecule has 1 fully saturated rings. The number of nitrogens with zero attached hydrogens (tertiary/aromatic N) is 6. The Kier molecular flexibility index (Phi) is 14.6. The molecule has 1 N–H and O–H groups in total. The molecule has 3 aromatic carbocycles. The number of carbonyl (C=O) groups is 1. The fraction of sp³-hybridized carbons (Fsp3) is 0.370. The number of alkyl halides is 3. The van der Waals surface area contributed by atoms with Crippen molar-refractivity contribution in [1.29, 1.82) is 0 Å². The van der Waals surface area contributed by atoms with Crippen molar-refractivity contribution in [2.24, 2.45) is 0 Å². The summed E-state index contributed by atoms with van der Waals surface area (Å²) < 4.78 is 72.8. The third-order valence-corrected chi connectivity index (χ3v) is 11.7. The summed E-state index contributed by atoms with van der Waals surface area (Å²) in [6, 6.07) is 20.1. The highest BCUT2D eigenvalue weighted by Crippen LogP contribution is 2.45. The summed E-state index contributed by atoms with van der Waals surface area (Å²) in [6.45, 7) is 9.30. The molecule has 0 bridgehead atoms. The fourth-order valence-corrected chi connectivity index (χ4v) is 7.96. The predicted octanol–water partition coefficient (Wildman–Crippen LogP) is 8.44. The van der Waals surface area contributed by atoms with Crippen LogP contribution in [0, 0.1) is 13.8 Å². The number of aromatic nitrogens is 4. The number of methoxy groups -OCH3 is 1. The van der Waals surface area contributed by atoms with E-state index in [0.717, 1.165) is 77.8 Å². The molecule has 1 aliphatic heterocycles. The van der Waals surface area contributed by atoms with Gasteiger partial charge >= 0.3 is 18.2 Å². The minimum Gasteiger partial charge on any atom is -0.497 e. The molecule has 4 heterocycles. The van der Waals surface area contributed by atoms with Crippen LogP contribution in [0.4, 0.5) is 13.2 Å². The summed E-state index contributed by atoms with van der Waals surface area (Å²) in [5.41, 5.74) is 5.93. The van der Waals surface area contributed by atoms with E-state index in [4.69, 9.17) is 28.7 Å². The average molecular weight is 887 g/mol. The molecule has 0 spiro atoms. The van der Waals surface area contributed by atoms with Crippen LogP contribution in [0.25, 0.3) is 32.5 Å². The quantitative estimate of drug-likeness (QED) is 0.0779. The van der Waals surface area contributed by atoms with Crippen molar-refractivity contribution in [3.63, 3.8) is 0 Å². The average Bonchev–Trinajstić information content (AvgIpc) is 3.69. The van der Waals surface area contributed by atoms with Gasteiger partial charge in [-0.3, -0.25) is 9.88 Å². The number of pyridine rings is 1. The number of piperazine rings is 1. The molecular formula is C46H49F3N6O7S. The number of hydrogen-bond donors (Lipinski definition) is 1. The molecule has 7 rings (SSSR count). The lowest BCUT2D eigenvalue weighted by molar-refractivity contribution is -0.145. The minimum atomic E-state index is -4.28. The van der Waals surface area contributed by atoms with Crippen LogP contribution in [0.15, 0.2) is 79.1 Å². The molecule has 1 atom stereocenters. The SMILES string of the molecule is COc1cccc(-c2ncc3snc(OC(Cc4ccccc4OCc4ccnc(OCCCC(F)(F)F)n4)C(=O)O)c3c2-c2ccc(OCCN3CCN(C)CC3)c(C)c2C)c1. The molecule has 332 valence electrons. The summed E-state index contributed by atoms with van der Waals surface area (Å²) in [5.74, 6) is 0.772. The molecule has 6 aromatic rings. The Bertz CT molecular complexity index is 2510. The summed E-state index contributed by atoms with van der Waals surface area (Å²) in [7, 11) is 3.74. The zero-order chi connectivity index (χ0) is 44.5. The van der Waals surface area contributed by atoms with Gasteiger partial charge in [0.05, 0.1) is 35.2 Å². The standard InChI is InChI=1S/C46H49F3N6O7S/c1-29-30(2)36(59-24-22-55-20-18-54(3)19-21-55)14-13-35(29)40-41-39(27-51-42(40)32-10-7-11-34(25-32)58-4)63-53-43(41)62-38(44(56)57)26-31-9-5-6-12-37(31)61-28-33-15-17-50-45(52-33)60-23-8-16-46(47,48)49/h5-7,9-15,17,25,27,38H,8,16,18-24,26,28H2,1-4H3,(H,56,57). The maximum Gasteiger partial charge on any atom is 0.389 e. The number of fused-ring (bicyclic) bond motifs is 1. The molecule has 1 saturated heterocycles. The second-order valence-electron chi connectivity index (χ2n) is 15.2. The summed E-state index contributed by atoms with van der Waals surface area (Å²) in [4.78, 5) is 30.9. The smallest absolute Gasteiger partial charge is 0.389 e. The molecule has 3 aromatic heterocycles. The minimum absolute atomic E-state index is 0.0456. The lowest BCUT2D eigenvalue weighted by Gasteiger charge is -2.32. The van der Waals surface area contributed by atoms with Crippen LogP contribution in [0.2, 0.25) is 0 Å². The van der Waals surface area contributed by atoms with Crippen LogP contribution in [0.5, 0.6) is 29.1 Å². The van der Waals surface area contributed by atoms with Gasteiger partial charge in [0.1, 0.15) is 30.5 Å². The van der Waals surface area contributed by atoms with Crippen LogP contribution in [-0.4, -0.2) is 113 Å². The van der Waals surface area contributed by atoms with Gasteiger partial charge in [-0.15, -0.1) is 0 Å². The van der Waals surface area contributed by atoms with E-state index in [1.807, 2.05) is 50.2 Å². The zero-order valence-corrected chi connectivity index (χ0v) is 36.3. The van der Waals surface area contributed by atoms with E-state index in [9.17, 15) is 23.1 Å². The van der Waals surface area contributed by atoms with Crippen LogP contribution in [0.3, 0.4) is 0 Å². The maximum atomic E-state index is 13.0. The number of aliphatic carboxylic acids is 1. The van der Waals surface area contributed by atoms with Crippen LogP contribution in [0.1, 0.15) is 35.2 Å². The number of carboxylic acid groups (broad SMARTS) is 1. The Hall–Kier alpha value is -6.04. The molecule has 0 saturated carbocycles. The molecule has 17 heteroatoms. The van der Waals surface area contributed by atoms with Gasteiger partial charge < -0.3 is 33.7 Å². The van der Waals surface area contributed by atoms with E-state index in [1.165, 1.54) is 6.20 Å². The number of rotatable bonds is 19. The second kappa shape index (κ2) is 20.4. The Morgan fingerprint density at radius 3 is 2.51 bits per heavy atom. The van der Waals surface area contributed by atoms with E-state index in [1.54, 1.807) is 43.6 Å². The van der Waals surface area contributed by atoms with E-state index in [-0.39, 0.29) is 37.9 Å². The summed E-state index contributed by atoms with van der Waals surface area (Å²) >= 11 is 1.16. The second-order valence-corrected chi connectivity index (χ2v) is 16.0. The van der Waals surface area contributed by atoms with Gasteiger partial charge in [0, 0.05) is 69.1 Å². The third kappa shape index (κ3) is 11.5. The number of carboxylic acids is 1. The van der Waals surface area contributed by atoms with Gasteiger partial charge in [0.2, 0.25) is 12.0 Å². The van der Waals surface area contributed by atoms with Gasteiger partial charge in [0.15, 0.2) is 0 Å². The molecular weight excluding hydrogens is 838 g/mol. The maximum absolute atomic E-state index is 13.0. The topological polar surface area (TPSA) is 141 Å². The highest BCUT2D eigenvalue weighted by atomic mass is 32.1. The van der Waals surface area contributed by atoms with Crippen molar-refractivity contribution in [2.45, 2.75) is 52.0 Å². The molecule has 0 aliphatic carbocycles. The number of hydrogen-bond acceptors (Lipinski definition) is 13. The van der Waals surface area contributed by atoms with Crippen molar-refractivity contribution >= 4 is 27.6 Å². The fourth-order valence-electron chi connectivity index (χ4n) is 7.26. The van der Waals surface area contributed by atoms with Crippen LogP contribution in [-0.2, 0) is 17.8 Å². The predicted molar refractivity (Wildman–Crippen MR) is 233 cm³/mol. The Morgan fingerprint density at radius 2 is 1.73 bits per heavy atom. The summed E-state index contributed by atoms with van der Waals surface area (Å²) in [6.07, 6.45) is -3.80. The van der Waals surface area contributed by atoms with Gasteiger partial charge in [-0.1, -0.05) is 36.4 Å². The van der Waals surface area contributed by atoms with Gasteiger partial charge in [-0.05, 0) is 91.4 Å². The number of halogens is 3. The summed E-state index contributed by atoms with van der Waals surface area (Å²) in [5, 5.41) is 11.2. The highest BCUT2D eigenvalue weighted by molar-refractivity contribution is 7.13. The molecule has 0 amide bonds. The van der Waals surface area contributed by atoms with Crippen LogP contribution < -0.4 is 23.7 Å². The first-order valence-electron chi connectivity index (χ1n) is 20.6. The number of ether oxygens (including phenoxy) is 5. The van der Waals surface area contributed by atoms with Crippen molar-refractivity contribution < 1.29 is 46.8 Å². The van der Waals surface area contributed by atoms with E-state index < -0.39 is 24.7 Å². The van der Waals surface area contributed by atoms with Crippen molar-refractivity contribution in [3.05, 3.63) is 102 Å². The van der Waals surface area contributed by atoms with Gasteiger partial charge in [-0.2, -0.15) is 22.5 Å². The molecule has 1 aliphatic rings. The van der Waals surface area contributed by atoms with E-state index >= 15 is 0 Å². The first kappa shape index (κ1) is 45.0. The molecule has 63 heavy (non-hydrogen) atoms. The van der Waals surface area contributed by atoms with Gasteiger partial charge in [0.25, 0.3) is 0 Å². The molecule has 0 radical (unpaired) electrons. The highest BCUT2D eigenvalue weighted by Gasteiger charge is 2.29. The Balaban J connectivity index is 1.15. The number of benzene rings is 3. The normalized spacial score (nSPS) is 14.1. The number of likely N-dealkylation sites (N-methyl/N-ethyl adjacent to an activating group) is 1. The Labute approximate surface area is 367 Å². The monoisotopic (exact) mass is 886 g/mol. The van der Waals surface area contributed by atoms with Crippen molar-refractivity contribution in [2.75, 3.05) is 60.1 Å². The van der Waals surface area contributed by atoms with Crippen molar-refractivity contribution in [3.8, 4) is 51.5 Å². The van der Waals surface area contributed by atoms with E-state index in [2.05, 4.69) is 31.2 Å². The molecule has 13 nitrogen and oxygen atoms in total. The first-order chi connectivity index (χ1) is 30.4. The Morgan fingerprint density at radius 1 is 0.921 bits per heavy atom. The van der Waals surface area contributed by atoms with Crippen molar-refractivity contribution in [1.82, 2.24) is 29.1 Å². The lowest BCUT2D eigenvalue weighted by Crippen LogP contribution is -2.45. The van der Waals surface area contributed by atoms with Crippen LogP contribution >= 0.6 is 11.5 Å². The largest absolute Gasteiger partial charge is 0.497 e. The van der Waals surface area contributed by atoms with Gasteiger partial charge in [-0.25, -0.2) is 9.78 Å².